The molecule has 0 radical (unpaired) electrons. The molecule has 1 saturated heterocycles. The van der Waals surface area contributed by atoms with Gasteiger partial charge in [0.1, 0.15) is 5.75 Å². The molecular weight excluding hydrogens is 300 g/mol. The van der Waals surface area contributed by atoms with E-state index in [4.69, 9.17) is 16.3 Å². The molecule has 2 rings (SSSR count). The fourth-order valence-electron chi connectivity index (χ4n) is 2.79. The molecule has 1 aliphatic heterocycles. The van der Waals surface area contributed by atoms with Crippen LogP contribution in [-0.2, 0) is 11.2 Å². The van der Waals surface area contributed by atoms with E-state index < -0.39 is 0 Å². The Morgan fingerprint density at radius 2 is 2.18 bits per heavy atom. The van der Waals surface area contributed by atoms with Gasteiger partial charge in [0.25, 0.3) is 0 Å². The lowest BCUT2D eigenvalue weighted by molar-refractivity contribution is -0.121. The third kappa shape index (κ3) is 5.50. The van der Waals surface area contributed by atoms with Crippen LogP contribution in [0.3, 0.4) is 0 Å². The Kier molecular flexibility index (Phi) is 7.00. The van der Waals surface area contributed by atoms with Crippen molar-refractivity contribution in [2.45, 2.75) is 32.1 Å². The molecule has 1 heterocycles. The summed E-state index contributed by atoms with van der Waals surface area (Å²) in [5, 5.41) is 7.01. The van der Waals surface area contributed by atoms with Crippen molar-refractivity contribution < 1.29 is 9.53 Å². The zero-order valence-electron chi connectivity index (χ0n) is 13.2. The Hall–Kier alpha value is -1.26. The summed E-state index contributed by atoms with van der Waals surface area (Å²) in [4.78, 5) is 11.9. The smallest absolute Gasteiger partial charge is 0.220 e. The minimum atomic E-state index is 0.142. The number of methoxy groups -OCH3 is 1. The normalized spacial score (nSPS) is 15.5. The molecule has 0 spiro atoms. The van der Waals surface area contributed by atoms with E-state index in [0.717, 1.165) is 37.2 Å². The first-order valence-electron chi connectivity index (χ1n) is 7.99. The average Bonchev–Trinajstić information content (AvgIpc) is 2.55. The Morgan fingerprint density at radius 3 is 2.86 bits per heavy atom. The number of rotatable bonds is 7. The summed E-state index contributed by atoms with van der Waals surface area (Å²) in [6.07, 6.45) is 4.74. The minimum Gasteiger partial charge on any atom is -0.497 e. The van der Waals surface area contributed by atoms with Crippen molar-refractivity contribution in [1.29, 1.82) is 0 Å². The highest BCUT2D eigenvalue weighted by molar-refractivity contribution is 6.31. The molecule has 0 aliphatic carbocycles. The molecule has 0 bridgehead atoms. The van der Waals surface area contributed by atoms with E-state index in [1.54, 1.807) is 13.2 Å². The predicted molar refractivity (Wildman–Crippen MR) is 89.5 cm³/mol. The van der Waals surface area contributed by atoms with Gasteiger partial charge in [-0.3, -0.25) is 4.79 Å². The third-order valence-corrected chi connectivity index (χ3v) is 4.57. The van der Waals surface area contributed by atoms with E-state index in [0.29, 0.717) is 23.9 Å². The monoisotopic (exact) mass is 324 g/mol. The highest BCUT2D eigenvalue weighted by Crippen LogP contribution is 2.22. The molecule has 1 amide bonds. The van der Waals surface area contributed by atoms with Gasteiger partial charge >= 0.3 is 0 Å². The summed E-state index contributed by atoms with van der Waals surface area (Å²) in [6, 6.07) is 5.64. The van der Waals surface area contributed by atoms with E-state index in [1.807, 2.05) is 12.1 Å². The Morgan fingerprint density at radius 1 is 1.41 bits per heavy atom. The van der Waals surface area contributed by atoms with Gasteiger partial charge in [-0.05, 0) is 62.4 Å². The van der Waals surface area contributed by atoms with Crippen molar-refractivity contribution in [3.05, 3.63) is 28.8 Å². The minimum absolute atomic E-state index is 0.142. The van der Waals surface area contributed by atoms with Gasteiger partial charge in [-0.2, -0.15) is 0 Å². The van der Waals surface area contributed by atoms with Crippen LogP contribution in [0.4, 0.5) is 0 Å². The molecular formula is C17H25ClN2O2. The summed E-state index contributed by atoms with van der Waals surface area (Å²) in [5.41, 5.74) is 1.03. The number of benzene rings is 1. The molecule has 0 atom stereocenters. The third-order valence-electron chi connectivity index (χ3n) is 4.22. The molecule has 22 heavy (non-hydrogen) atoms. The maximum Gasteiger partial charge on any atom is 0.220 e. The van der Waals surface area contributed by atoms with Gasteiger partial charge in [0, 0.05) is 18.0 Å². The van der Waals surface area contributed by atoms with Crippen LogP contribution in [0, 0.1) is 5.92 Å². The first-order chi connectivity index (χ1) is 10.7. The number of carbonyl (C=O) groups is 1. The second-order valence-corrected chi connectivity index (χ2v) is 6.20. The topological polar surface area (TPSA) is 50.4 Å². The molecule has 0 saturated carbocycles. The Labute approximate surface area is 137 Å². The van der Waals surface area contributed by atoms with Gasteiger partial charge in [-0.15, -0.1) is 0 Å². The molecule has 4 nitrogen and oxygen atoms in total. The second-order valence-electron chi connectivity index (χ2n) is 5.79. The number of amides is 1. The summed E-state index contributed by atoms with van der Waals surface area (Å²) in [7, 11) is 1.62. The number of carbonyl (C=O) groups excluding carboxylic acids is 1. The summed E-state index contributed by atoms with van der Waals surface area (Å²) >= 11 is 6.19. The molecule has 1 fully saturated rings. The lowest BCUT2D eigenvalue weighted by atomic mass is 9.93. The first-order valence-corrected chi connectivity index (χ1v) is 8.36. The van der Waals surface area contributed by atoms with E-state index in [-0.39, 0.29) is 5.91 Å². The number of piperidine rings is 1. The zero-order chi connectivity index (χ0) is 15.8. The number of hydrogen-bond acceptors (Lipinski definition) is 3. The molecule has 0 unspecified atom stereocenters. The maximum atomic E-state index is 11.9. The predicted octanol–water partition coefficient (Wildman–Crippen LogP) is 2.79. The Bertz CT molecular complexity index is 488. The van der Waals surface area contributed by atoms with Crippen molar-refractivity contribution in [3.8, 4) is 5.75 Å². The SMILES string of the molecule is COc1ccc(CCNC(=O)CCC2CCNCC2)c(Cl)c1. The van der Waals surface area contributed by atoms with E-state index in [1.165, 1.54) is 12.8 Å². The fraction of sp³-hybridized carbons (Fsp3) is 0.588. The lowest BCUT2D eigenvalue weighted by Gasteiger charge is -2.22. The van der Waals surface area contributed by atoms with E-state index in [9.17, 15) is 4.79 Å². The highest BCUT2D eigenvalue weighted by atomic mass is 35.5. The molecule has 1 aromatic carbocycles. The van der Waals surface area contributed by atoms with Gasteiger partial charge in [0.2, 0.25) is 5.91 Å². The van der Waals surface area contributed by atoms with Crippen LogP contribution >= 0.6 is 11.6 Å². The lowest BCUT2D eigenvalue weighted by Crippen LogP contribution is -2.30. The molecule has 2 N–H and O–H groups in total. The number of hydrogen-bond donors (Lipinski definition) is 2. The van der Waals surface area contributed by atoms with Crippen molar-refractivity contribution >= 4 is 17.5 Å². The highest BCUT2D eigenvalue weighted by Gasteiger charge is 2.14. The largest absolute Gasteiger partial charge is 0.497 e. The van der Waals surface area contributed by atoms with Crippen molar-refractivity contribution in [1.82, 2.24) is 10.6 Å². The van der Waals surface area contributed by atoms with E-state index in [2.05, 4.69) is 10.6 Å². The first kappa shape index (κ1) is 17.1. The Balaban J connectivity index is 1.66. The standard InChI is InChI=1S/C17H25ClN2O2/c1-22-15-4-3-14(16(18)12-15)8-11-20-17(21)5-2-13-6-9-19-10-7-13/h3-4,12-13,19H,2,5-11H2,1H3,(H,20,21). The average molecular weight is 325 g/mol. The van der Waals surface area contributed by atoms with Gasteiger partial charge < -0.3 is 15.4 Å². The molecule has 122 valence electrons. The van der Waals surface area contributed by atoms with Crippen LogP contribution in [0.1, 0.15) is 31.2 Å². The van der Waals surface area contributed by atoms with Crippen molar-refractivity contribution in [3.63, 3.8) is 0 Å². The number of halogens is 1. The zero-order valence-corrected chi connectivity index (χ0v) is 13.9. The van der Waals surface area contributed by atoms with Gasteiger partial charge in [0.15, 0.2) is 0 Å². The van der Waals surface area contributed by atoms with Crippen LogP contribution in [-0.4, -0.2) is 32.7 Å². The molecule has 0 aromatic heterocycles. The molecule has 1 aliphatic rings. The number of ether oxygens (including phenoxy) is 1. The maximum absolute atomic E-state index is 11.9. The van der Waals surface area contributed by atoms with Crippen LogP contribution in [0.25, 0.3) is 0 Å². The van der Waals surface area contributed by atoms with Gasteiger partial charge in [-0.1, -0.05) is 17.7 Å². The number of nitrogens with one attached hydrogen (secondary N) is 2. The van der Waals surface area contributed by atoms with E-state index >= 15 is 0 Å². The van der Waals surface area contributed by atoms with Crippen LogP contribution < -0.4 is 15.4 Å². The molecule has 1 aromatic rings. The summed E-state index contributed by atoms with van der Waals surface area (Å²) in [6.45, 7) is 2.79. The summed E-state index contributed by atoms with van der Waals surface area (Å²) in [5.74, 6) is 1.59. The quantitative estimate of drug-likeness (QED) is 0.811. The molecule has 5 heteroatoms. The van der Waals surface area contributed by atoms with Crippen LogP contribution in [0.5, 0.6) is 5.75 Å². The fourth-order valence-corrected chi connectivity index (χ4v) is 3.05. The van der Waals surface area contributed by atoms with Crippen molar-refractivity contribution in [2.24, 2.45) is 5.92 Å². The summed E-state index contributed by atoms with van der Waals surface area (Å²) < 4.78 is 5.12. The van der Waals surface area contributed by atoms with Gasteiger partial charge in [0.05, 0.1) is 7.11 Å². The second kappa shape index (κ2) is 9.01. The van der Waals surface area contributed by atoms with Gasteiger partial charge in [-0.25, -0.2) is 0 Å². The van der Waals surface area contributed by atoms with Crippen LogP contribution in [0.15, 0.2) is 18.2 Å². The van der Waals surface area contributed by atoms with Crippen molar-refractivity contribution in [2.75, 3.05) is 26.7 Å². The van der Waals surface area contributed by atoms with Crippen LogP contribution in [0.2, 0.25) is 5.02 Å².